The Kier molecular flexibility index (Phi) is 6.63. The normalized spacial score (nSPS) is 12.6. The van der Waals surface area contributed by atoms with Crippen molar-refractivity contribution in [2.45, 2.75) is 18.7 Å². The predicted molar refractivity (Wildman–Crippen MR) is 102 cm³/mol. The lowest BCUT2D eigenvalue weighted by atomic mass is 10.1. The van der Waals surface area contributed by atoms with Gasteiger partial charge in [-0.2, -0.15) is 23.0 Å². The number of carbonyl (C=O) groups is 1. The Morgan fingerprint density at radius 3 is 2.41 bits per heavy atom. The third-order valence-electron chi connectivity index (χ3n) is 4.34. The highest BCUT2D eigenvalue weighted by molar-refractivity contribution is 5.94. The fourth-order valence-corrected chi connectivity index (χ4v) is 2.65. The molecular weight excluding hydrogens is 439 g/mol. The van der Waals surface area contributed by atoms with Gasteiger partial charge in [0.05, 0.1) is 24.1 Å². The summed E-state index contributed by atoms with van der Waals surface area (Å²) in [6.45, 7) is -1.17. The molecule has 7 nitrogen and oxygen atoms in total. The van der Waals surface area contributed by atoms with Gasteiger partial charge >= 0.3 is 6.18 Å². The van der Waals surface area contributed by atoms with E-state index in [9.17, 15) is 31.5 Å². The van der Waals surface area contributed by atoms with Gasteiger partial charge in [0, 0.05) is 17.3 Å². The smallest absolute Gasteiger partial charge is 0.382 e. The molecule has 3 aromatic rings. The molecule has 0 spiro atoms. The third kappa shape index (κ3) is 5.14. The Labute approximate surface area is 177 Å². The lowest BCUT2D eigenvalue weighted by Crippen LogP contribution is -2.42. The predicted octanol–water partition coefficient (Wildman–Crippen LogP) is 2.89. The molecule has 1 aromatic carbocycles. The minimum absolute atomic E-state index is 0.0239. The molecule has 2 N–H and O–H groups in total. The molecule has 0 saturated heterocycles. The lowest BCUT2D eigenvalue weighted by Gasteiger charge is -2.15. The van der Waals surface area contributed by atoms with Gasteiger partial charge in [-0.1, -0.05) is 24.3 Å². The van der Waals surface area contributed by atoms with Crippen molar-refractivity contribution in [1.82, 2.24) is 20.1 Å². The fourth-order valence-electron chi connectivity index (χ4n) is 2.65. The molecule has 0 saturated carbocycles. The van der Waals surface area contributed by atoms with Crippen molar-refractivity contribution in [2.75, 3.05) is 6.54 Å². The highest BCUT2D eigenvalue weighted by Crippen LogP contribution is 2.24. The quantitative estimate of drug-likeness (QED) is 0.559. The Morgan fingerprint density at radius 1 is 1.16 bits per heavy atom. The van der Waals surface area contributed by atoms with Crippen LogP contribution < -0.4 is 10.9 Å². The van der Waals surface area contributed by atoms with E-state index in [-0.39, 0.29) is 22.5 Å². The first-order valence-electron chi connectivity index (χ1n) is 9.04. The second-order valence-electron chi connectivity index (χ2n) is 6.56. The molecule has 1 amide bonds. The van der Waals surface area contributed by atoms with Gasteiger partial charge in [-0.25, -0.2) is 8.78 Å². The van der Waals surface area contributed by atoms with E-state index >= 15 is 0 Å². The molecule has 12 heteroatoms. The molecule has 2 aromatic heterocycles. The SMILES string of the molecule is O=C(NC[C@H](O)C(F)(F)F)c1cc(-c2ccc(C(F)F)cc2)nn(-c2cccnc2)c1=O. The van der Waals surface area contributed by atoms with Crippen LogP contribution in [-0.4, -0.2) is 44.6 Å². The van der Waals surface area contributed by atoms with Crippen molar-refractivity contribution in [2.24, 2.45) is 0 Å². The minimum Gasteiger partial charge on any atom is -0.382 e. The Hall–Kier alpha value is -3.67. The summed E-state index contributed by atoms with van der Waals surface area (Å²) >= 11 is 0. The third-order valence-corrected chi connectivity index (χ3v) is 4.34. The van der Waals surface area contributed by atoms with E-state index in [1.807, 2.05) is 5.32 Å². The molecule has 3 rings (SSSR count). The first-order chi connectivity index (χ1) is 15.1. The molecule has 0 aliphatic heterocycles. The number of aromatic nitrogens is 3. The van der Waals surface area contributed by atoms with Gasteiger partial charge in [0.1, 0.15) is 5.56 Å². The average Bonchev–Trinajstić information content (AvgIpc) is 2.77. The van der Waals surface area contributed by atoms with E-state index in [4.69, 9.17) is 5.11 Å². The number of amides is 1. The molecule has 0 aliphatic rings. The topological polar surface area (TPSA) is 97.1 Å². The first kappa shape index (κ1) is 23.0. The number of aliphatic hydroxyl groups is 1. The van der Waals surface area contributed by atoms with E-state index in [1.54, 1.807) is 0 Å². The zero-order valence-electron chi connectivity index (χ0n) is 16.1. The van der Waals surface area contributed by atoms with Crippen LogP contribution in [-0.2, 0) is 0 Å². The first-order valence-corrected chi connectivity index (χ1v) is 9.04. The second-order valence-corrected chi connectivity index (χ2v) is 6.56. The summed E-state index contributed by atoms with van der Waals surface area (Å²) in [7, 11) is 0. The van der Waals surface area contributed by atoms with Crippen LogP contribution in [0.3, 0.4) is 0 Å². The van der Waals surface area contributed by atoms with E-state index in [1.165, 1.54) is 36.7 Å². The molecule has 0 aliphatic carbocycles. The number of halogens is 5. The molecule has 32 heavy (non-hydrogen) atoms. The summed E-state index contributed by atoms with van der Waals surface area (Å²) in [5.74, 6) is -1.18. The maximum atomic E-state index is 12.8. The van der Waals surface area contributed by atoms with Crippen LogP contribution in [0.1, 0.15) is 22.3 Å². The van der Waals surface area contributed by atoms with Crippen molar-refractivity contribution in [3.63, 3.8) is 0 Å². The zero-order valence-corrected chi connectivity index (χ0v) is 16.1. The summed E-state index contributed by atoms with van der Waals surface area (Å²) in [5, 5.41) is 15.1. The zero-order chi connectivity index (χ0) is 23.5. The van der Waals surface area contributed by atoms with Gasteiger partial charge in [-0.05, 0) is 18.2 Å². The molecule has 0 fully saturated rings. The van der Waals surface area contributed by atoms with Gasteiger partial charge in [0.2, 0.25) is 0 Å². The number of carbonyl (C=O) groups excluding carboxylic acids is 1. The van der Waals surface area contributed by atoms with E-state index in [0.29, 0.717) is 0 Å². The van der Waals surface area contributed by atoms with Crippen LogP contribution in [0.2, 0.25) is 0 Å². The fraction of sp³-hybridized carbons (Fsp3) is 0.200. The van der Waals surface area contributed by atoms with Crippen LogP contribution in [0, 0.1) is 0 Å². The van der Waals surface area contributed by atoms with Crippen LogP contribution in [0.4, 0.5) is 22.0 Å². The summed E-state index contributed by atoms with van der Waals surface area (Å²) in [4.78, 5) is 29.1. The number of hydrogen-bond donors (Lipinski definition) is 2. The van der Waals surface area contributed by atoms with Gasteiger partial charge in [0.15, 0.2) is 6.10 Å². The number of rotatable bonds is 6. The number of nitrogens with zero attached hydrogens (tertiary/aromatic N) is 3. The number of nitrogens with one attached hydrogen (secondary N) is 1. The number of alkyl halides is 5. The van der Waals surface area contributed by atoms with Crippen LogP contribution >= 0.6 is 0 Å². The van der Waals surface area contributed by atoms with E-state index < -0.39 is 42.3 Å². The van der Waals surface area contributed by atoms with Crippen LogP contribution in [0.5, 0.6) is 0 Å². The van der Waals surface area contributed by atoms with Crippen molar-refractivity contribution in [3.8, 4) is 16.9 Å². The summed E-state index contributed by atoms with van der Waals surface area (Å²) in [6.07, 6.45) is -7.79. The minimum atomic E-state index is -4.96. The maximum absolute atomic E-state index is 12.8. The summed E-state index contributed by atoms with van der Waals surface area (Å²) < 4.78 is 64.0. The van der Waals surface area contributed by atoms with Crippen molar-refractivity contribution >= 4 is 5.91 Å². The standard InChI is InChI=1S/C20H15F5N4O3/c21-17(22)12-5-3-11(4-6-12)15-8-14(18(31)27-10-16(30)20(23,24)25)19(32)29(28-15)13-2-1-7-26-9-13/h1-9,16-17,30H,10H2,(H,27,31)/t16-/m0/s1. The van der Waals surface area contributed by atoms with Gasteiger partial charge in [-0.15, -0.1) is 0 Å². The largest absolute Gasteiger partial charge is 0.416 e. The second kappa shape index (κ2) is 9.22. The van der Waals surface area contributed by atoms with Crippen LogP contribution in [0.15, 0.2) is 59.7 Å². The van der Waals surface area contributed by atoms with Crippen molar-refractivity contribution < 1.29 is 31.9 Å². The van der Waals surface area contributed by atoms with Gasteiger partial charge in [-0.3, -0.25) is 14.6 Å². The van der Waals surface area contributed by atoms with Gasteiger partial charge < -0.3 is 10.4 Å². The molecule has 2 heterocycles. The summed E-state index contributed by atoms with van der Waals surface area (Å²) in [6, 6.07) is 8.87. The maximum Gasteiger partial charge on any atom is 0.416 e. The number of pyridine rings is 1. The Balaban J connectivity index is 2.05. The molecule has 0 bridgehead atoms. The lowest BCUT2D eigenvalue weighted by molar-refractivity contribution is -0.201. The van der Waals surface area contributed by atoms with Crippen LogP contribution in [0.25, 0.3) is 16.9 Å². The highest BCUT2D eigenvalue weighted by atomic mass is 19.4. The number of hydrogen-bond acceptors (Lipinski definition) is 5. The summed E-state index contributed by atoms with van der Waals surface area (Å²) in [5.41, 5.74) is -1.32. The van der Waals surface area contributed by atoms with Gasteiger partial charge in [0.25, 0.3) is 17.9 Å². The average molecular weight is 454 g/mol. The number of benzene rings is 1. The Morgan fingerprint density at radius 2 is 1.84 bits per heavy atom. The molecule has 0 radical (unpaired) electrons. The van der Waals surface area contributed by atoms with E-state index in [0.717, 1.165) is 22.9 Å². The Bertz CT molecular complexity index is 1150. The molecule has 0 unspecified atom stereocenters. The van der Waals surface area contributed by atoms with Crippen molar-refractivity contribution in [3.05, 3.63) is 76.3 Å². The molecule has 168 valence electrons. The number of aliphatic hydroxyl groups excluding tert-OH is 1. The highest BCUT2D eigenvalue weighted by Gasteiger charge is 2.38. The molecular formula is C20H15F5N4O3. The molecule has 1 atom stereocenters. The van der Waals surface area contributed by atoms with Crippen molar-refractivity contribution in [1.29, 1.82) is 0 Å². The van der Waals surface area contributed by atoms with E-state index in [2.05, 4.69) is 10.1 Å². The monoisotopic (exact) mass is 454 g/mol.